The summed E-state index contributed by atoms with van der Waals surface area (Å²) in [7, 11) is 0. The van der Waals surface area contributed by atoms with E-state index in [1.165, 1.54) is 0 Å². The third-order valence-electron chi connectivity index (χ3n) is 5.54. The van der Waals surface area contributed by atoms with Crippen molar-refractivity contribution >= 4 is 67.0 Å². The Morgan fingerprint density at radius 2 is 1.02 bits per heavy atom. The summed E-state index contributed by atoms with van der Waals surface area (Å²) in [6, 6.07) is 29.4. The Morgan fingerprint density at radius 1 is 0.651 bits per heavy atom. The van der Waals surface area contributed by atoms with Gasteiger partial charge in [0.25, 0.3) is 0 Å². The number of hydrogen-bond donors (Lipinski definition) is 4. The molecule has 0 aliphatic carbocycles. The fraction of sp³-hybridized carbons (Fsp3) is 0.182. The van der Waals surface area contributed by atoms with Gasteiger partial charge in [-0.2, -0.15) is 0 Å². The molecule has 4 N–H and O–H groups in total. The van der Waals surface area contributed by atoms with Crippen molar-refractivity contribution in [1.29, 1.82) is 0 Å². The maximum Gasteiger partial charge on any atom is 0.175 e. The molecule has 0 aromatic heterocycles. The van der Waals surface area contributed by atoms with E-state index >= 15 is 0 Å². The summed E-state index contributed by atoms with van der Waals surface area (Å²) in [5.74, 6) is 2.12. The summed E-state index contributed by atoms with van der Waals surface area (Å²) in [6.45, 7) is 6.29. The minimum absolute atomic E-state index is 0. The molecule has 0 bridgehead atoms. The third-order valence-corrected chi connectivity index (χ3v) is 5.74. The number of thiocarbonyl (C=S) groups is 1. The molecule has 10 heteroatoms. The molecule has 0 unspecified atom stereocenters. The first-order valence-electron chi connectivity index (χ1n) is 13.6. The van der Waals surface area contributed by atoms with E-state index in [9.17, 15) is 10.2 Å². The van der Waals surface area contributed by atoms with Crippen LogP contribution in [-0.4, -0.2) is 79.9 Å². The van der Waals surface area contributed by atoms with Crippen molar-refractivity contribution in [2.75, 3.05) is 36.9 Å². The van der Waals surface area contributed by atoms with Gasteiger partial charge in [-0.3, -0.25) is 9.98 Å². The van der Waals surface area contributed by atoms with Gasteiger partial charge in [-0.15, -0.1) is 0 Å². The molecule has 0 fully saturated rings. The molecule has 0 aliphatic rings. The van der Waals surface area contributed by atoms with Crippen molar-refractivity contribution < 1.29 is 19.7 Å². The molecule has 0 heterocycles. The molecule has 0 amide bonds. The number of aliphatic imine (C=N–C) groups is 2. The standard InChI is InChI=1S/C17H20N2O2S.C16H16N2O2.In/c1-3-20-15-9-5-13(6-10-15)18-17(22)19-14-7-11-16(12-8-14)21-4-2;19-15-7-3-1-5-13(15)11-17-9-10-18-12-14-6-2-4-8-16(14)20;/h5-12H,3-4H2,1-2H3,(H2,18,19,22);1-8,11-12,19-20H,9-10H2;. The zero-order valence-electron chi connectivity index (χ0n) is 24.3. The van der Waals surface area contributed by atoms with E-state index in [1.807, 2.05) is 74.5 Å². The first-order chi connectivity index (χ1) is 20.5. The molecule has 3 radical (unpaired) electrons. The number of ether oxygens (including phenoxy) is 2. The molecule has 0 atom stereocenters. The molecule has 0 saturated carbocycles. The van der Waals surface area contributed by atoms with Crippen molar-refractivity contribution in [3.8, 4) is 23.0 Å². The molecule has 8 nitrogen and oxygen atoms in total. The largest absolute Gasteiger partial charge is 0.507 e. The van der Waals surface area contributed by atoms with Crippen LogP contribution < -0.4 is 20.1 Å². The van der Waals surface area contributed by atoms with E-state index in [4.69, 9.17) is 21.7 Å². The number of para-hydroxylation sites is 2. The van der Waals surface area contributed by atoms with Crippen molar-refractivity contribution in [3.63, 3.8) is 0 Å². The molecule has 4 aromatic carbocycles. The van der Waals surface area contributed by atoms with Gasteiger partial charge < -0.3 is 30.3 Å². The second-order valence-corrected chi connectivity index (χ2v) is 9.09. The smallest absolute Gasteiger partial charge is 0.175 e. The summed E-state index contributed by atoms with van der Waals surface area (Å²) >= 11 is 5.30. The zero-order valence-corrected chi connectivity index (χ0v) is 28.4. The van der Waals surface area contributed by atoms with Crippen molar-refractivity contribution in [1.82, 2.24) is 0 Å². The second kappa shape index (κ2) is 20.0. The van der Waals surface area contributed by atoms with Gasteiger partial charge in [0.2, 0.25) is 0 Å². The maximum atomic E-state index is 9.54. The number of aromatic hydroxyl groups is 2. The van der Waals surface area contributed by atoms with E-state index in [2.05, 4.69) is 20.6 Å². The average Bonchev–Trinajstić information content (AvgIpc) is 2.99. The summed E-state index contributed by atoms with van der Waals surface area (Å²) < 4.78 is 10.8. The number of phenolic OH excluding ortho intramolecular Hbond substituents is 2. The number of anilines is 2. The number of nitrogens with one attached hydrogen (secondary N) is 2. The summed E-state index contributed by atoms with van der Waals surface area (Å²) in [5, 5.41) is 25.9. The topological polar surface area (TPSA) is 108 Å². The molecule has 0 aliphatic heterocycles. The molecular formula is C33H36InN4O4S. The first-order valence-corrected chi connectivity index (χ1v) is 14.0. The molecule has 43 heavy (non-hydrogen) atoms. The fourth-order valence-corrected chi connectivity index (χ4v) is 3.77. The number of hydrogen-bond acceptors (Lipinski definition) is 7. The molecule has 0 spiro atoms. The Balaban J connectivity index is 0.000000295. The van der Waals surface area contributed by atoms with Crippen LogP contribution in [0, 0.1) is 0 Å². The third kappa shape index (κ3) is 13.2. The van der Waals surface area contributed by atoms with Crippen LogP contribution in [-0.2, 0) is 0 Å². The van der Waals surface area contributed by atoms with Crippen molar-refractivity contribution in [2.24, 2.45) is 9.98 Å². The van der Waals surface area contributed by atoms with Crippen LogP contribution in [0.1, 0.15) is 25.0 Å². The number of phenols is 2. The average molecular weight is 700 g/mol. The van der Waals surface area contributed by atoms with Crippen LogP contribution in [0.25, 0.3) is 0 Å². The molecule has 0 saturated heterocycles. The Morgan fingerprint density at radius 3 is 1.37 bits per heavy atom. The van der Waals surface area contributed by atoms with Gasteiger partial charge in [0.05, 0.1) is 26.3 Å². The number of rotatable bonds is 11. The predicted molar refractivity (Wildman–Crippen MR) is 182 cm³/mol. The zero-order chi connectivity index (χ0) is 30.0. The van der Waals surface area contributed by atoms with E-state index in [-0.39, 0.29) is 37.3 Å². The monoisotopic (exact) mass is 699 g/mol. The molecular weight excluding hydrogens is 663 g/mol. The van der Waals surface area contributed by atoms with Crippen LogP contribution >= 0.6 is 12.2 Å². The van der Waals surface area contributed by atoms with E-state index in [0.29, 0.717) is 42.5 Å². The minimum Gasteiger partial charge on any atom is -0.507 e. The van der Waals surface area contributed by atoms with E-state index in [0.717, 1.165) is 22.9 Å². The summed E-state index contributed by atoms with van der Waals surface area (Å²) in [5.41, 5.74) is 3.20. The molecule has 4 rings (SSSR count). The predicted octanol–water partition coefficient (Wildman–Crippen LogP) is 6.55. The molecule has 4 aromatic rings. The van der Waals surface area contributed by atoms with Crippen molar-refractivity contribution in [2.45, 2.75) is 13.8 Å². The number of nitrogens with zero attached hydrogens (tertiary/aromatic N) is 2. The van der Waals surface area contributed by atoms with Gasteiger partial charge in [-0.05, 0) is 98.9 Å². The second-order valence-electron chi connectivity index (χ2n) is 8.68. The van der Waals surface area contributed by atoms with Gasteiger partial charge in [-0.25, -0.2) is 0 Å². The van der Waals surface area contributed by atoms with E-state index < -0.39 is 0 Å². The Labute approximate surface area is 277 Å². The summed E-state index contributed by atoms with van der Waals surface area (Å²) in [4.78, 5) is 8.39. The maximum absolute atomic E-state index is 9.54. The SMILES string of the molecule is CCOc1ccc(NC(=S)Nc2ccc(OCC)cc2)cc1.Oc1ccccc1C=NCCN=Cc1ccccc1O.[In]. The van der Waals surface area contributed by atoms with Crippen LogP contribution in [0.3, 0.4) is 0 Å². The Kier molecular flexibility index (Phi) is 16.3. The first kappa shape index (κ1) is 35.2. The normalized spacial score (nSPS) is 10.4. The summed E-state index contributed by atoms with van der Waals surface area (Å²) in [6.07, 6.45) is 3.26. The molecule has 221 valence electrons. The van der Waals surface area contributed by atoms with Crippen LogP contribution in [0.2, 0.25) is 0 Å². The fourth-order valence-electron chi connectivity index (χ4n) is 3.53. The van der Waals surface area contributed by atoms with Gasteiger partial charge >= 0.3 is 0 Å². The van der Waals surface area contributed by atoms with Crippen LogP contribution in [0.15, 0.2) is 107 Å². The van der Waals surface area contributed by atoms with Gasteiger partial charge in [0.1, 0.15) is 23.0 Å². The van der Waals surface area contributed by atoms with E-state index in [1.54, 1.807) is 48.8 Å². The van der Waals surface area contributed by atoms with Gasteiger partial charge in [-0.1, -0.05) is 24.3 Å². The van der Waals surface area contributed by atoms with Crippen molar-refractivity contribution in [3.05, 3.63) is 108 Å². The minimum atomic E-state index is 0. The Hall–Kier alpha value is -4.02. The Bertz CT molecular complexity index is 1340. The van der Waals surface area contributed by atoms with Gasteiger partial charge in [0.15, 0.2) is 5.11 Å². The van der Waals surface area contributed by atoms with Gasteiger partial charge in [0, 0.05) is 60.8 Å². The quantitative estimate of drug-likeness (QED) is 0.0800. The number of benzene rings is 4. The van der Waals surface area contributed by atoms with Crippen LogP contribution in [0.4, 0.5) is 11.4 Å². The van der Waals surface area contributed by atoms with Crippen LogP contribution in [0.5, 0.6) is 23.0 Å².